The summed E-state index contributed by atoms with van der Waals surface area (Å²) in [5.41, 5.74) is 2.00. The Hall–Kier alpha value is -0.360. The molecule has 0 spiro atoms. The maximum absolute atomic E-state index is 5.71. The molecule has 12 heavy (non-hydrogen) atoms. The smallest absolute Gasteiger partial charge is 0.147 e. The normalized spacial score (nSPS) is 10.9. The van der Waals surface area contributed by atoms with Crippen LogP contribution in [0.5, 0.6) is 0 Å². The van der Waals surface area contributed by atoms with E-state index in [2.05, 4.69) is 32.7 Å². The van der Waals surface area contributed by atoms with Crippen LogP contribution >= 0.6 is 34.2 Å². The van der Waals surface area contributed by atoms with E-state index in [-0.39, 0.29) is 0 Å². The summed E-state index contributed by atoms with van der Waals surface area (Å²) < 4.78 is 2.86. The van der Waals surface area contributed by atoms with Crippen LogP contribution in [0.4, 0.5) is 0 Å². The Morgan fingerprint density at radius 1 is 1.58 bits per heavy atom. The first-order valence-electron chi connectivity index (χ1n) is 3.34. The Kier molecular flexibility index (Phi) is 1.96. The molecule has 0 amide bonds. The molecule has 2 heterocycles. The minimum Gasteiger partial charge on any atom is -0.241 e. The Morgan fingerprint density at radius 3 is 3.08 bits per heavy atom. The van der Waals surface area contributed by atoms with Gasteiger partial charge in [-0.25, -0.2) is 9.50 Å². The largest absolute Gasteiger partial charge is 0.241 e. The molecule has 3 nitrogen and oxygen atoms in total. The zero-order valence-corrected chi connectivity index (χ0v) is 9.17. The molecule has 2 aromatic rings. The zero-order valence-electron chi connectivity index (χ0n) is 6.25. The lowest BCUT2D eigenvalue weighted by atomic mass is 10.4. The van der Waals surface area contributed by atoms with E-state index in [0.717, 1.165) is 14.8 Å². The van der Waals surface area contributed by atoms with E-state index < -0.39 is 0 Å². The first-order valence-corrected chi connectivity index (χ1v) is 4.80. The molecule has 0 aliphatic rings. The summed E-state index contributed by atoms with van der Waals surface area (Å²) in [5.74, 6) is 0. The van der Waals surface area contributed by atoms with E-state index in [9.17, 15) is 0 Å². The topological polar surface area (TPSA) is 30.2 Å². The lowest BCUT2D eigenvalue weighted by Gasteiger charge is -1.91. The standard InChI is InChI=1S/C7H5ClIN3/c1-4-7(9)5-2-10-6(8)3-12(5)11-4/h2-3H,1H3. The third kappa shape index (κ3) is 1.19. The highest BCUT2D eigenvalue weighted by atomic mass is 127. The molecule has 62 valence electrons. The lowest BCUT2D eigenvalue weighted by Crippen LogP contribution is -1.87. The second-order valence-corrected chi connectivity index (χ2v) is 3.91. The molecule has 5 heteroatoms. The Labute approximate surface area is 87.9 Å². The number of halogens is 2. The van der Waals surface area contributed by atoms with Gasteiger partial charge in [0.15, 0.2) is 0 Å². The maximum Gasteiger partial charge on any atom is 0.147 e. The molecule has 2 aromatic heterocycles. The van der Waals surface area contributed by atoms with E-state index in [4.69, 9.17) is 11.6 Å². The molecule has 2 rings (SSSR count). The SMILES string of the molecule is Cc1nn2cc(Cl)ncc2c1I. The van der Waals surface area contributed by atoms with Crippen LogP contribution in [0.3, 0.4) is 0 Å². The highest BCUT2D eigenvalue weighted by Crippen LogP contribution is 2.17. The Bertz CT molecular complexity index is 437. The molecule has 0 atom stereocenters. The summed E-state index contributed by atoms with van der Waals surface area (Å²) in [4.78, 5) is 3.98. The fourth-order valence-electron chi connectivity index (χ4n) is 1.02. The number of fused-ring (bicyclic) bond motifs is 1. The molecule has 0 saturated carbocycles. The van der Waals surface area contributed by atoms with Crippen molar-refractivity contribution in [1.29, 1.82) is 0 Å². The molecular weight excluding hydrogens is 288 g/mol. The van der Waals surface area contributed by atoms with Gasteiger partial charge in [0.1, 0.15) is 5.15 Å². The number of hydrogen-bond acceptors (Lipinski definition) is 2. The van der Waals surface area contributed by atoms with Crippen molar-refractivity contribution < 1.29 is 0 Å². The van der Waals surface area contributed by atoms with Crippen LogP contribution < -0.4 is 0 Å². The predicted octanol–water partition coefficient (Wildman–Crippen LogP) is 2.30. The predicted molar refractivity (Wildman–Crippen MR) is 55.5 cm³/mol. The minimum atomic E-state index is 0.460. The third-order valence-corrected chi connectivity index (χ3v) is 3.11. The van der Waals surface area contributed by atoms with Crippen molar-refractivity contribution in [1.82, 2.24) is 14.6 Å². The van der Waals surface area contributed by atoms with Crippen molar-refractivity contribution in [2.75, 3.05) is 0 Å². The van der Waals surface area contributed by atoms with Crippen LogP contribution in [-0.2, 0) is 0 Å². The molecular formula is C7H5ClIN3. The van der Waals surface area contributed by atoms with Gasteiger partial charge in [0, 0.05) is 0 Å². The van der Waals surface area contributed by atoms with Crippen molar-refractivity contribution in [3.63, 3.8) is 0 Å². The van der Waals surface area contributed by atoms with E-state index in [0.29, 0.717) is 5.15 Å². The van der Waals surface area contributed by atoms with Crippen molar-refractivity contribution in [2.24, 2.45) is 0 Å². The fraction of sp³-hybridized carbons (Fsp3) is 0.143. The molecule has 0 fully saturated rings. The number of rotatable bonds is 0. The number of hydrogen-bond donors (Lipinski definition) is 0. The molecule has 0 aliphatic carbocycles. The van der Waals surface area contributed by atoms with Crippen LogP contribution in [0.15, 0.2) is 12.4 Å². The van der Waals surface area contributed by atoms with Crippen LogP contribution in [0.1, 0.15) is 5.69 Å². The van der Waals surface area contributed by atoms with Gasteiger partial charge in [-0.05, 0) is 29.5 Å². The highest BCUT2D eigenvalue weighted by Gasteiger charge is 2.05. The Balaban J connectivity index is 2.87. The van der Waals surface area contributed by atoms with Gasteiger partial charge in [0.05, 0.1) is 27.2 Å². The van der Waals surface area contributed by atoms with Crippen molar-refractivity contribution in [3.05, 3.63) is 26.8 Å². The summed E-state index contributed by atoms with van der Waals surface area (Å²) >= 11 is 7.95. The molecule has 0 radical (unpaired) electrons. The monoisotopic (exact) mass is 293 g/mol. The summed E-state index contributed by atoms with van der Waals surface area (Å²) in [5, 5.41) is 4.72. The summed E-state index contributed by atoms with van der Waals surface area (Å²) in [6.07, 6.45) is 3.43. The van der Waals surface area contributed by atoms with E-state index >= 15 is 0 Å². The van der Waals surface area contributed by atoms with Gasteiger partial charge < -0.3 is 0 Å². The molecule has 0 N–H and O–H groups in total. The molecule has 0 saturated heterocycles. The van der Waals surface area contributed by atoms with E-state index in [1.54, 1.807) is 16.9 Å². The first kappa shape index (κ1) is 8.25. The van der Waals surface area contributed by atoms with Crippen LogP contribution in [0, 0.1) is 10.5 Å². The second-order valence-electron chi connectivity index (χ2n) is 2.44. The molecule has 0 aromatic carbocycles. The average Bonchev–Trinajstić information content (AvgIpc) is 2.28. The third-order valence-electron chi connectivity index (χ3n) is 1.59. The van der Waals surface area contributed by atoms with Crippen molar-refractivity contribution >= 4 is 39.7 Å². The van der Waals surface area contributed by atoms with Gasteiger partial charge in [0.2, 0.25) is 0 Å². The summed E-state index contributed by atoms with van der Waals surface area (Å²) in [6, 6.07) is 0. The number of aromatic nitrogens is 3. The highest BCUT2D eigenvalue weighted by molar-refractivity contribution is 14.1. The summed E-state index contributed by atoms with van der Waals surface area (Å²) in [7, 11) is 0. The van der Waals surface area contributed by atoms with Gasteiger partial charge in [0.25, 0.3) is 0 Å². The van der Waals surface area contributed by atoms with Gasteiger partial charge in [-0.3, -0.25) is 0 Å². The number of aryl methyl sites for hydroxylation is 1. The van der Waals surface area contributed by atoms with Crippen LogP contribution in [0.2, 0.25) is 5.15 Å². The van der Waals surface area contributed by atoms with E-state index in [1.165, 1.54) is 0 Å². The lowest BCUT2D eigenvalue weighted by molar-refractivity contribution is 0.922. The van der Waals surface area contributed by atoms with Crippen LogP contribution in [0.25, 0.3) is 5.52 Å². The second kappa shape index (κ2) is 2.85. The van der Waals surface area contributed by atoms with Gasteiger partial charge in [-0.15, -0.1) is 0 Å². The van der Waals surface area contributed by atoms with Gasteiger partial charge in [-0.1, -0.05) is 11.6 Å². The zero-order chi connectivity index (χ0) is 8.72. The Morgan fingerprint density at radius 2 is 2.33 bits per heavy atom. The van der Waals surface area contributed by atoms with E-state index in [1.807, 2.05) is 6.92 Å². The first-order chi connectivity index (χ1) is 5.68. The number of nitrogens with zero attached hydrogens (tertiary/aromatic N) is 3. The van der Waals surface area contributed by atoms with Gasteiger partial charge in [-0.2, -0.15) is 5.10 Å². The molecule has 0 aliphatic heterocycles. The van der Waals surface area contributed by atoms with Crippen molar-refractivity contribution in [3.8, 4) is 0 Å². The van der Waals surface area contributed by atoms with Gasteiger partial charge >= 0.3 is 0 Å². The maximum atomic E-state index is 5.71. The summed E-state index contributed by atoms with van der Waals surface area (Å²) in [6.45, 7) is 1.96. The van der Waals surface area contributed by atoms with Crippen molar-refractivity contribution in [2.45, 2.75) is 6.92 Å². The quantitative estimate of drug-likeness (QED) is 0.698. The fourth-order valence-corrected chi connectivity index (χ4v) is 1.65. The molecule has 0 bridgehead atoms. The minimum absolute atomic E-state index is 0.460. The molecule has 0 unspecified atom stereocenters. The van der Waals surface area contributed by atoms with Crippen LogP contribution in [-0.4, -0.2) is 14.6 Å². The average molecular weight is 293 g/mol.